The van der Waals surface area contributed by atoms with Crippen molar-refractivity contribution < 1.29 is 9.90 Å². The number of thiocyanates is 1. The molecule has 0 aliphatic rings. The Labute approximate surface area is 76.1 Å². The van der Waals surface area contributed by atoms with Crippen molar-refractivity contribution in [2.24, 2.45) is 5.41 Å². The summed E-state index contributed by atoms with van der Waals surface area (Å²) in [6.07, 6.45) is 0. The summed E-state index contributed by atoms with van der Waals surface area (Å²) in [6, 6.07) is 0. The van der Waals surface area contributed by atoms with Gasteiger partial charge in [-0.1, -0.05) is 20.8 Å². The van der Waals surface area contributed by atoms with Crippen LogP contribution in [-0.2, 0) is 4.79 Å². The number of nitrogens with zero attached hydrogens (tertiary/aromatic N) is 1. The molecule has 0 saturated heterocycles. The fourth-order valence-corrected chi connectivity index (χ4v) is 1.26. The van der Waals surface area contributed by atoms with Gasteiger partial charge >= 0.3 is 5.97 Å². The van der Waals surface area contributed by atoms with Gasteiger partial charge < -0.3 is 5.11 Å². The zero-order valence-corrected chi connectivity index (χ0v) is 8.10. The maximum absolute atomic E-state index is 10.7. The molecule has 0 aromatic rings. The lowest BCUT2D eigenvalue weighted by atomic mass is 9.88. The molecule has 0 heterocycles. The topological polar surface area (TPSA) is 61.1 Å². The van der Waals surface area contributed by atoms with Crippen molar-refractivity contribution in [1.29, 1.82) is 5.26 Å². The molecule has 0 rings (SSSR count). The zero-order chi connectivity index (χ0) is 9.78. The van der Waals surface area contributed by atoms with Gasteiger partial charge in [-0.25, -0.2) is 4.79 Å². The summed E-state index contributed by atoms with van der Waals surface area (Å²) in [6.45, 7) is 5.39. The van der Waals surface area contributed by atoms with Crippen LogP contribution >= 0.6 is 11.8 Å². The van der Waals surface area contributed by atoms with Crippen LogP contribution in [0.25, 0.3) is 0 Å². The van der Waals surface area contributed by atoms with E-state index >= 15 is 0 Å². The highest BCUT2D eigenvalue weighted by atomic mass is 32.2. The summed E-state index contributed by atoms with van der Waals surface area (Å²) >= 11 is 0.834. The number of rotatable bonds is 2. The lowest BCUT2D eigenvalue weighted by Gasteiger charge is -2.18. The highest BCUT2D eigenvalue weighted by Gasteiger charge is 2.22. The lowest BCUT2D eigenvalue weighted by Crippen LogP contribution is -2.16. The standard InChI is InChI=1S/C8H11NO2S/c1-8(2,3)6(7(10)11)4-12-5-9/h4H,1-3H3,(H,10,11)/b6-4+. The summed E-state index contributed by atoms with van der Waals surface area (Å²) in [5.74, 6) is -0.967. The second-order valence-electron chi connectivity index (χ2n) is 3.30. The van der Waals surface area contributed by atoms with E-state index in [4.69, 9.17) is 10.4 Å². The molecule has 4 heteroatoms. The second kappa shape index (κ2) is 4.17. The van der Waals surface area contributed by atoms with E-state index in [1.54, 1.807) is 26.2 Å². The number of hydrogen-bond acceptors (Lipinski definition) is 3. The smallest absolute Gasteiger partial charge is 0.332 e. The molecule has 3 nitrogen and oxygen atoms in total. The molecule has 0 atom stereocenters. The Balaban J connectivity index is 4.70. The summed E-state index contributed by atoms with van der Waals surface area (Å²) in [7, 11) is 0. The van der Waals surface area contributed by atoms with Crippen LogP contribution in [0.1, 0.15) is 20.8 Å². The van der Waals surface area contributed by atoms with Crippen LogP contribution in [0.3, 0.4) is 0 Å². The van der Waals surface area contributed by atoms with Crippen molar-refractivity contribution in [3.63, 3.8) is 0 Å². The third kappa shape index (κ3) is 3.44. The predicted octanol–water partition coefficient (Wildman–Crippen LogP) is 2.22. The fraction of sp³-hybridized carbons (Fsp3) is 0.500. The normalized spacial score (nSPS) is 12.3. The molecule has 0 radical (unpaired) electrons. The molecule has 0 aromatic carbocycles. The van der Waals surface area contributed by atoms with Gasteiger partial charge in [-0.15, -0.1) is 0 Å². The maximum atomic E-state index is 10.7. The molecule has 0 saturated carbocycles. The molecule has 0 fully saturated rings. The van der Waals surface area contributed by atoms with Gasteiger partial charge in [0, 0.05) is 5.57 Å². The third-order valence-electron chi connectivity index (χ3n) is 1.27. The second-order valence-corrected chi connectivity index (χ2v) is 3.95. The molecule has 1 N–H and O–H groups in total. The lowest BCUT2D eigenvalue weighted by molar-refractivity contribution is -0.133. The Morgan fingerprint density at radius 1 is 1.58 bits per heavy atom. The molecule has 0 aromatic heterocycles. The highest BCUT2D eigenvalue weighted by molar-refractivity contribution is 8.06. The van der Waals surface area contributed by atoms with E-state index < -0.39 is 11.4 Å². The molecule has 0 unspecified atom stereocenters. The quantitative estimate of drug-likeness (QED) is 0.529. The number of carboxylic acids is 1. The van der Waals surface area contributed by atoms with Crippen LogP contribution in [0.15, 0.2) is 11.0 Å². The molecular formula is C8H11NO2S. The Hall–Kier alpha value is -0.950. The summed E-state index contributed by atoms with van der Waals surface area (Å²) in [5, 5.41) is 20.2. The predicted molar refractivity (Wildman–Crippen MR) is 48.4 cm³/mol. The minimum Gasteiger partial charge on any atom is -0.478 e. The van der Waals surface area contributed by atoms with Crippen LogP contribution in [0.4, 0.5) is 0 Å². The molecule has 66 valence electrons. The van der Waals surface area contributed by atoms with E-state index in [1.165, 1.54) is 5.41 Å². The van der Waals surface area contributed by atoms with E-state index in [2.05, 4.69) is 0 Å². The third-order valence-corrected chi connectivity index (χ3v) is 1.73. The monoisotopic (exact) mass is 185 g/mol. The molecular weight excluding hydrogens is 174 g/mol. The molecule has 0 bridgehead atoms. The molecule has 0 spiro atoms. The Morgan fingerprint density at radius 2 is 2.08 bits per heavy atom. The number of thioether (sulfide) groups is 1. The number of nitriles is 1. The SMILES string of the molecule is CC(C)(C)/C(=C/SC#N)C(=O)O. The Bertz CT molecular complexity index is 245. The van der Waals surface area contributed by atoms with Crippen molar-refractivity contribution in [2.45, 2.75) is 20.8 Å². The van der Waals surface area contributed by atoms with Gasteiger partial charge in [-0.05, 0) is 22.6 Å². The number of carboxylic acid groups (broad SMARTS) is 1. The van der Waals surface area contributed by atoms with E-state index in [9.17, 15) is 4.79 Å². The van der Waals surface area contributed by atoms with Crippen LogP contribution < -0.4 is 0 Å². The first-order chi connectivity index (χ1) is 5.39. The minimum absolute atomic E-state index is 0.258. The van der Waals surface area contributed by atoms with Gasteiger partial charge in [0.25, 0.3) is 0 Å². The van der Waals surface area contributed by atoms with Gasteiger partial charge in [0.15, 0.2) is 0 Å². The average Bonchev–Trinajstić information content (AvgIpc) is 1.84. The molecule has 0 amide bonds. The van der Waals surface area contributed by atoms with Gasteiger partial charge in [0.2, 0.25) is 0 Å². The van der Waals surface area contributed by atoms with Crippen LogP contribution in [0, 0.1) is 16.1 Å². The average molecular weight is 185 g/mol. The van der Waals surface area contributed by atoms with Crippen molar-refractivity contribution >= 4 is 17.7 Å². The Morgan fingerprint density at radius 3 is 2.33 bits per heavy atom. The first-order valence-electron chi connectivity index (χ1n) is 3.38. The minimum atomic E-state index is -0.967. The largest absolute Gasteiger partial charge is 0.478 e. The number of hydrogen-bond donors (Lipinski definition) is 1. The van der Waals surface area contributed by atoms with Crippen molar-refractivity contribution in [1.82, 2.24) is 0 Å². The van der Waals surface area contributed by atoms with Gasteiger partial charge in [-0.2, -0.15) is 5.26 Å². The first-order valence-corrected chi connectivity index (χ1v) is 4.26. The van der Waals surface area contributed by atoms with Crippen molar-refractivity contribution in [3.05, 3.63) is 11.0 Å². The molecule has 0 aliphatic carbocycles. The van der Waals surface area contributed by atoms with Crippen molar-refractivity contribution in [2.75, 3.05) is 0 Å². The number of aliphatic carboxylic acids is 1. The highest BCUT2D eigenvalue weighted by Crippen LogP contribution is 2.27. The first kappa shape index (κ1) is 11.1. The summed E-state index contributed by atoms with van der Waals surface area (Å²) < 4.78 is 0. The maximum Gasteiger partial charge on any atom is 0.332 e. The van der Waals surface area contributed by atoms with E-state index in [1.807, 2.05) is 0 Å². The molecule has 0 aliphatic heterocycles. The van der Waals surface area contributed by atoms with Crippen molar-refractivity contribution in [3.8, 4) is 5.40 Å². The van der Waals surface area contributed by atoms with Gasteiger partial charge in [0.1, 0.15) is 5.40 Å². The number of carbonyl (C=O) groups is 1. The zero-order valence-electron chi connectivity index (χ0n) is 7.29. The van der Waals surface area contributed by atoms with E-state index in [-0.39, 0.29) is 5.57 Å². The van der Waals surface area contributed by atoms with Crippen LogP contribution in [0.5, 0.6) is 0 Å². The van der Waals surface area contributed by atoms with Gasteiger partial charge in [0.05, 0.1) is 0 Å². The fourth-order valence-electron chi connectivity index (χ4n) is 0.633. The summed E-state index contributed by atoms with van der Waals surface area (Å²) in [5.41, 5.74) is -0.163. The van der Waals surface area contributed by atoms with E-state index in [0.29, 0.717) is 0 Å². The van der Waals surface area contributed by atoms with Crippen LogP contribution in [0.2, 0.25) is 0 Å². The molecule has 12 heavy (non-hydrogen) atoms. The van der Waals surface area contributed by atoms with Crippen LogP contribution in [-0.4, -0.2) is 11.1 Å². The summed E-state index contributed by atoms with van der Waals surface area (Å²) in [4.78, 5) is 10.7. The Kier molecular flexibility index (Phi) is 3.84. The van der Waals surface area contributed by atoms with Gasteiger partial charge in [-0.3, -0.25) is 0 Å². The van der Waals surface area contributed by atoms with E-state index in [0.717, 1.165) is 11.8 Å².